The number of thioether (sulfide) groups is 1. The maximum atomic E-state index is 13.6. The van der Waals surface area contributed by atoms with E-state index in [1.54, 1.807) is 4.68 Å². The average Bonchev–Trinajstić information content (AvgIpc) is 3.29. The van der Waals surface area contributed by atoms with Gasteiger partial charge in [-0.25, -0.2) is 0 Å². The zero-order valence-electron chi connectivity index (χ0n) is 18.6. The number of H-pyrrole nitrogens is 1. The van der Waals surface area contributed by atoms with E-state index in [0.29, 0.717) is 36.5 Å². The highest BCUT2D eigenvalue weighted by Crippen LogP contribution is 2.42. The van der Waals surface area contributed by atoms with E-state index < -0.39 is 5.25 Å². The molecule has 0 aliphatic carbocycles. The van der Waals surface area contributed by atoms with E-state index in [2.05, 4.69) is 16.5 Å². The summed E-state index contributed by atoms with van der Waals surface area (Å²) in [5.41, 5.74) is 2.50. The van der Waals surface area contributed by atoms with Crippen molar-refractivity contribution in [2.45, 2.75) is 56.5 Å². The van der Waals surface area contributed by atoms with Gasteiger partial charge in [-0.2, -0.15) is 0 Å². The van der Waals surface area contributed by atoms with Crippen LogP contribution in [0.2, 0.25) is 0 Å². The predicted octanol–water partition coefficient (Wildman–Crippen LogP) is 2.95. The lowest BCUT2D eigenvalue weighted by atomic mass is 9.94. The Morgan fingerprint density at radius 1 is 1.21 bits per heavy atom. The fraction of sp³-hybridized carbons (Fsp3) is 0.458. The Balaban J connectivity index is 1.53. The smallest absolute Gasteiger partial charge is 0.270 e. The summed E-state index contributed by atoms with van der Waals surface area (Å²) < 4.78 is 9.48. The fourth-order valence-electron chi connectivity index (χ4n) is 5.56. The number of anilines is 1. The summed E-state index contributed by atoms with van der Waals surface area (Å²) in [6, 6.07) is 7.98. The van der Waals surface area contributed by atoms with E-state index in [1.165, 1.54) is 17.3 Å². The van der Waals surface area contributed by atoms with Crippen LogP contribution in [0.3, 0.4) is 0 Å². The summed E-state index contributed by atoms with van der Waals surface area (Å²) >= 11 is 1.34. The molecule has 5 heterocycles. The summed E-state index contributed by atoms with van der Waals surface area (Å²) in [5.74, 6) is 0.489. The minimum atomic E-state index is -0.526. The summed E-state index contributed by atoms with van der Waals surface area (Å²) in [5, 5.41) is 6.40. The molecule has 3 aliphatic heterocycles. The molecule has 2 aromatic heterocycles. The second kappa shape index (κ2) is 7.36. The molecule has 1 aromatic carbocycles. The van der Waals surface area contributed by atoms with Crippen molar-refractivity contribution in [2.24, 2.45) is 0 Å². The fourth-order valence-corrected chi connectivity index (χ4v) is 6.69. The van der Waals surface area contributed by atoms with E-state index in [0.717, 1.165) is 23.7 Å². The highest BCUT2D eigenvalue weighted by Gasteiger charge is 2.37. The number of pyridine rings is 1. The van der Waals surface area contributed by atoms with Crippen LogP contribution in [-0.2, 0) is 22.5 Å². The topological polar surface area (TPSA) is 98.1 Å². The van der Waals surface area contributed by atoms with E-state index in [4.69, 9.17) is 4.74 Å². The zero-order chi connectivity index (χ0) is 22.9. The number of ether oxygens (including phenoxy) is 1. The van der Waals surface area contributed by atoms with Crippen molar-refractivity contribution < 1.29 is 9.53 Å². The Kier molecular flexibility index (Phi) is 4.64. The lowest BCUT2D eigenvalue weighted by Crippen LogP contribution is -2.36. The molecule has 0 saturated carbocycles. The van der Waals surface area contributed by atoms with Gasteiger partial charge in [0.25, 0.3) is 11.1 Å². The number of aromatic nitrogens is 3. The molecule has 3 aromatic rings. The Morgan fingerprint density at radius 2 is 2.06 bits per heavy atom. The van der Waals surface area contributed by atoms with Crippen molar-refractivity contribution in [3.05, 3.63) is 61.7 Å². The van der Waals surface area contributed by atoms with Crippen LogP contribution in [0.25, 0.3) is 10.9 Å². The van der Waals surface area contributed by atoms with E-state index >= 15 is 0 Å². The minimum absolute atomic E-state index is 0.00727. The van der Waals surface area contributed by atoms with Gasteiger partial charge in [0.15, 0.2) is 0 Å². The highest BCUT2D eigenvalue weighted by molar-refractivity contribution is 8.00. The summed E-state index contributed by atoms with van der Waals surface area (Å²) in [4.78, 5) is 39.5. The number of para-hydroxylation sites is 1. The van der Waals surface area contributed by atoms with E-state index in [9.17, 15) is 14.4 Å². The molecule has 33 heavy (non-hydrogen) atoms. The van der Waals surface area contributed by atoms with Crippen molar-refractivity contribution in [3.63, 3.8) is 0 Å². The first-order valence-corrected chi connectivity index (χ1v) is 12.4. The predicted molar refractivity (Wildman–Crippen MR) is 128 cm³/mol. The van der Waals surface area contributed by atoms with Crippen LogP contribution < -0.4 is 16.4 Å². The molecule has 9 heteroatoms. The first-order valence-electron chi connectivity index (χ1n) is 11.4. The molecule has 0 spiro atoms. The van der Waals surface area contributed by atoms with Gasteiger partial charge in [-0.3, -0.25) is 24.2 Å². The number of nitrogens with zero attached hydrogens (tertiary/aromatic N) is 2. The molecule has 2 atom stereocenters. The molecular formula is C24H26N4O4S. The normalized spacial score (nSPS) is 23.9. The van der Waals surface area contributed by atoms with Gasteiger partial charge in [0.05, 0.1) is 33.7 Å². The number of aryl methyl sites for hydroxylation is 2. The molecule has 172 valence electrons. The Labute approximate surface area is 194 Å². The number of hydrogen-bond acceptors (Lipinski definition) is 5. The standard InChI is InChI=1S/C24H26N4O4S/c1-24(2)11-15(7-9-32-24)28-21-18(22(30)26-28)20(33-12-17(29)25-21)16-10-14-5-3-4-13-6-8-27(19(13)14)23(16)31/h3-5,10,15,20H,6-9,11-12H2,1-2H3,(H,25,29)(H,26,30)/t15-,20+/m1/s1. The number of fused-ring (bicyclic) bond motifs is 1. The van der Waals surface area contributed by atoms with Gasteiger partial charge in [-0.15, -0.1) is 11.8 Å². The summed E-state index contributed by atoms with van der Waals surface area (Å²) in [6.45, 7) is 5.28. The Hall–Kier alpha value is -2.78. The molecule has 2 N–H and O–H groups in total. The molecule has 0 unspecified atom stereocenters. The number of nitrogens with one attached hydrogen (secondary N) is 2. The lowest BCUT2D eigenvalue weighted by molar-refractivity contribution is -0.113. The van der Waals surface area contributed by atoms with Gasteiger partial charge in [-0.05, 0) is 50.1 Å². The van der Waals surface area contributed by atoms with Crippen LogP contribution in [0.15, 0.2) is 33.9 Å². The number of carbonyl (C=O) groups is 1. The lowest BCUT2D eigenvalue weighted by Gasteiger charge is -2.36. The minimum Gasteiger partial charge on any atom is -0.375 e. The second-order valence-corrected chi connectivity index (χ2v) is 10.8. The molecule has 6 rings (SSSR count). The number of rotatable bonds is 2. The van der Waals surface area contributed by atoms with Crippen molar-refractivity contribution >= 4 is 34.4 Å². The van der Waals surface area contributed by atoms with Crippen molar-refractivity contribution in [3.8, 4) is 0 Å². The molecule has 0 bridgehead atoms. The molecule has 0 radical (unpaired) electrons. The van der Waals surface area contributed by atoms with Crippen LogP contribution in [0.1, 0.15) is 54.7 Å². The third-order valence-electron chi connectivity index (χ3n) is 7.01. The molecule has 1 saturated heterocycles. The quantitative estimate of drug-likeness (QED) is 0.605. The summed E-state index contributed by atoms with van der Waals surface area (Å²) in [7, 11) is 0. The molecule has 3 aliphatic rings. The van der Waals surface area contributed by atoms with E-state index in [1.807, 2.05) is 36.6 Å². The number of amides is 1. The van der Waals surface area contributed by atoms with Crippen LogP contribution in [-0.4, -0.2) is 38.2 Å². The number of benzene rings is 1. The van der Waals surface area contributed by atoms with Crippen LogP contribution in [0.4, 0.5) is 5.82 Å². The number of aromatic amines is 1. The molecule has 1 amide bonds. The monoisotopic (exact) mass is 466 g/mol. The average molecular weight is 467 g/mol. The third-order valence-corrected chi connectivity index (χ3v) is 8.26. The first-order chi connectivity index (χ1) is 15.8. The van der Waals surface area contributed by atoms with E-state index in [-0.39, 0.29) is 34.4 Å². The van der Waals surface area contributed by atoms with Gasteiger partial charge in [0, 0.05) is 18.7 Å². The van der Waals surface area contributed by atoms with Gasteiger partial charge >= 0.3 is 0 Å². The molecular weight excluding hydrogens is 440 g/mol. The Bertz CT molecular complexity index is 1420. The number of carbonyl (C=O) groups excluding carboxylic acids is 1. The maximum Gasteiger partial charge on any atom is 0.270 e. The van der Waals surface area contributed by atoms with Gasteiger partial charge < -0.3 is 14.6 Å². The first kappa shape index (κ1) is 20.8. The van der Waals surface area contributed by atoms with Crippen molar-refractivity contribution in [1.82, 2.24) is 14.3 Å². The zero-order valence-corrected chi connectivity index (χ0v) is 19.5. The van der Waals surface area contributed by atoms with Crippen molar-refractivity contribution in [2.75, 3.05) is 17.7 Å². The Morgan fingerprint density at radius 3 is 2.88 bits per heavy atom. The van der Waals surface area contributed by atoms with Crippen LogP contribution in [0, 0.1) is 0 Å². The maximum absolute atomic E-state index is 13.6. The third kappa shape index (κ3) is 3.28. The number of hydrogen-bond donors (Lipinski definition) is 2. The molecule has 8 nitrogen and oxygen atoms in total. The SMILES string of the molecule is CC1(C)C[C@H](n2[nH]c(=O)c3c2NC(=O)CS[C@H]3c2cc3cccc4c3n(c2=O)CC4)CCO1. The summed E-state index contributed by atoms with van der Waals surface area (Å²) in [6.07, 6.45) is 2.28. The highest BCUT2D eigenvalue weighted by atomic mass is 32.2. The van der Waals surface area contributed by atoms with Crippen LogP contribution >= 0.6 is 11.8 Å². The van der Waals surface area contributed by atoms with Gasteiger partial charge in [-0.1, -0.05) is 18.2 Å². The van der Waals surface area contributed by atoms with Gasteiger partial charge in [0.1, 0.15) is 5.82 Å². The van der Waals surface area contributed by atoms with Crippen molar-refractivity contribution in [1.29, 1.82) is 0 Å². The van der Waals surface area contributed by atoms with Crippen LogP contribution in [0.5, 0.6) is 0 Å². The second-order valence-electron chi connectivity index (χ2n) is 9.73. The largest absolute Gasteiger partial charge is 0.375 e. The van der Waals surface area contributed by atoms with Gasteiger partial charge in [0.2, 0.25) is 5.91 Å². The molecule has 1 fully saturated rings.